The van der Waals surface area contributed by atoms with E-state index in [9.17, 15) is 0 Å². The Balaban J connectivity index is 3.03. The molecule has 2 unspecified atom stereocenters. The molecule has 3 heteroatoms. The van der Waals surface area contributed by atoms with E-state index in [1.54, 1.807) is 6.92 Å². The maximum absolute atomic E-state index is 8.87. The third-order valence-corrected chi connectivity index (χ3v) is 2.25. The molecule has 62 valence electrons. The second kappa shape index (κ2) is 6.01. The van der Waals surface area contributed by atoms with Gasteiger partial charge in [0, 0.05) is 18.3 Å². The van der Waals surface area contributed by atoms with Crippen LogP contribution in [0.15, 0.2) is 0 Å². The Morgan fingerprint density at radius 2 is 2.00 bits per heavy atom. The number of thioether (sulfide) groups is 1. The standard InChI is InChI=1S/C7H17NOS/c1-6(9)4-8-5-7(2)10-3/h6-9H,4-5H2,1-3H3. The van der Waals surface area contributed by atoms with Crippen molar-refractivity contribution in [3.63, 3.8) is 0 Å². The second-order valence-corrected chi connectivity index (χ2v) is 3.83. The summed E-state index contributed by atoms with van der Waals surface area (Å²) in [4.78, 5) is 0. The van der Waals surface area contributed by atoms with E-state index in [2.05, 4.69) is 18.5 Å². The van der Waals surface area contributed by atoms with Crippen LogP contribution in [-0.4, -0.2) is 35.8 Å². The first-order chi connectivity index (χ1) is 4.66. The van der Waals surface area contributed by atoms with E-state index in [4.69, 9.17) is 5.11 Å². The van der Waals surface area contributed by atoms with Crippen LogP contribution in [0.4, 0.5) is 0 Å². The predicted molar refractivity (Wildman–Crippen MR) is 47.5 cm³/mol. The average Bonchev–Trinajstić information content (AvgIpc) is 1.87. The minimum absolute atomic E-state index is 0.228. The minimum Gasteiger partial charge on any atom is -0.392 e. The third kappa shape index (κ3) is 6.39. The molecule has 0 rings (SSSR count). The van der Waals surface area contributed by atoms with Crippen molar-refractivity contribution in [1.29, 1.82) is 0 Å². The maximum atomic E-state index is 8.87. The number of nitrogens with one attached hydrogen (secondary N) is 1. The van der Waals surface area contributed by atoms with Crippen LogP contribution >= 0.6 is 11.8 Å². The molecule has 0 aromatic carbocycles. The second-order valence-electron chi connectivity index (χ2n) is 2.55. The predicted octanol–water partition coefficient (Wildman–Crippen LogP) is 0.708. The van der Waals surface area contributed by atoms with E-state index in [1.807, 2.05) is 11.8 Å². The summed E-state index contributed by atoms with van der Waals surface area (Å²) in [7, 11) is 0. The van der Waals surface area contributed by atoms with Crippen LogP contribution in [0.3, 0.4) is 0 Å². The van der Waals surface area contributed by atoms with Crippen molar-refractivity contribution in [2.75, 3.05) is 19.3 Å². The zero-order valence-corrected chi connectivity index (χ0v) is 7.74. The van der Waals surface area contributed by atoms with Crippen LogP contribution in [0, 0.1) is 0 Å². The van der Waals surface area contributed by atoms with E-state index in [0.717, 1.165) is 6.54 Å². The van der Waals surface area contributed by atoms with Gasteiger partial charge in [-0.3, -0.25) is 0 Å². The molecule has 0 heterocycles. The Labute approximate surface area is 67.4 Å². The Hall–Kier alpha value is 0.270. The summed E-state index contributed by atoms with van der Waals surface area (Å²) in [6.07, 6.45) is 1.86. The van der Waals surface area contributed by atoms with Crippen molar-refractivity contribution in [1.82, 2.24) is 5.32 Å². The molecule has 0 saturated heterocycles. The number of aliphatic hydroxyl groups excluding tert-OH is 1. The highest BCUT2D eigenvalue weighted by molar-refractivity contribution is 7.99. The van der Waals surface area contributed by atoms with Gasteiger partial charge in [-0.2, -0.15) is 11.8 Å². The molecular weight excluding hydrogens is 146 g/mol. The largest absolute Gasteiger partial charge is 0.392 e. The lowest BCUT2D eigenvalue weighted by atomic mass is 10.4. The van der Waals surface area contributed by atoms with E-state index >= 15 is 0 Å². The molecule has 0 amide bonds. The molecule has 2 nitrogen and oxygen atoms in total. The maximum Gasteiger partial charge on any atom is 0.0636 e. The van der Waals surface area contributed by atoms with E-state index in [1.165, 1.54) is 0 Å². The van der Waals surface area contributed by atoms with E-state index < -0.39 is 0 Å². The van der Waals surface area contributed by atoms with Gasteiger partial charge in [0.2, 0.25) is 0 Å². The molecule has 0 saturated carbocycles. The molecular formula is C7H17NOS. The number of aliphatic hydroxyl groups is 1. The molecule has 0 spiro atoms. The smallest absolute Gasteiger partial charge is 0.0636 e. The highest BCUT2D eigenvalue weighted by atomic mass is 32.2. The Morgan fingerprint density at radius 3 is 2.40 bits per heavy atom. The first-order valence-electron chi connectivity index (χ1n) is 3.58. The monoisotopic (exact) mass is 163 g/mol. The van der Waals surface area contributed by atoms with Crippen molar-refractivity contribution in [3.05, 3.63) is 0 Å². The minimum atomic E-state index is -0.228. The zero-order valence-electron chi connectivity index (χ0n) is 6.92. The fourth-order valence-electron chi connectivity index (χ4n) is 0.579. The fraction of sp³-hybridized carbons (Fsp3) is 1.00. The number of hydrogen-bond donors (Lipinski definition) is 2. The van der Waals surface area contributed by atoms with Crippen LogP contribution in [0.2, 0.25) is 0 Å². The Kier molecular flexibility index (Phi) is 6.17. The highest BCUT2D eigenvalue weighted by Crippen LogP contribution is 2.01. The molecule has 10 heavy (non-hydrogen) atoms. The SMILES string of the molecule is CSC(C)CNCC(C)O. The van der Waals surface area contributed by atoms with Gasteiger partial charge >= 0.3 is 0 Å². The lowest BCUT2D eigenvalue weighted by Crippen LogP contribution is -2.29. The summed E-state index contributed by atoms with van der Waals surface area (Å²) in [6, 6.07) is 0. The van der Waals surface area contributed by atoms with Crippen molar-refractivity contribution in [2.24, 2.45) is 0 Å². The van der Waals surface area contributed by atoms with Crippen molar-refractivity contribution in [2.45, 2.75) is 25.2 Å². The molecule has 0 aromatic rings. The zero-order chi connectivity index (χ0) is 7.98. The van der Waals surface area contributed by atoms with Gasteiger partial charge in [0.05, 0.1) is 6.10 Å². The summed E-state index contributed by atoms with van der Waals surface area (Å²) >= 11 is 1.83. The first-order valence-corrected chi connectivity index (χ1v) is 4.87. The van der Waals surface area contributed by atoms with Crippen molar-refractivity contribution < 1.29 is 5.11 Å². The molecule has 0 aliphatic rings. The van der Waals surface area contributed by atoms with Crippen LogP contribution < -0.4 is 5.32 Å². The Morgan fingerprint density at radius 1 is 1.40 bits per heavy atom. The normalized spacial score (nSPS) is 16.8. The van der Waals surface area contributed by atoms with E-state index in [0.29, 0.717) is 11.8 Å². The van der Waals surface area contributed by atoms with Gasteiger partial charge in [0.15, 0.2) is 0 Å². The van der Waals surface area contributed by atoms with Gasteiger partial charge in [-0.05, 0) is 13.2 Å². The number of hydrogen-bond acceptors (Lipinski definition) is 3. The summed E-state index contributed by atoms with van der Waals surface area (Å²) in [5, 5.41) is 12.7. The molecule has 0 bridgehead atoms. The third-order valence-electron chi connectivity index (χ3n) is 1.27. The summed E-state index contributed by atoms with van der Waals surface area (Å²) in [6.45, 7) is 5.63. The van der Waals surface area contributed by atoms with Crippen LogP contribution in [0.5, 0.6) is 0 Å². The van der Waals surface area contributed by atoms with Crippen LogP contribution in [0.25, 0.3) is 0 Å². The van der Waals surface area contributed by atoms with Gasteiger partial charge in [-0.25, -0.2) is 0 Å². The molecule has 2 N–H and O–H groups in total. The average molecular weight is 163 g/mol. The Bertz CT molecular complexity index is 78.0. The molecule has 2 atom stereocenters. The van der Waals surface area contributed by atoms with Crippen LogP contribution in [-0.2, 0) is 0 Å². The molecule has 0 radical (unpaired) electrons. The molecule has 0 aliphatic heterocycles. The van der Waals surface area contributed by atoms with Gasteiger partial charge in [-0.15, -0.1) is 0 Å². The summed E-state index contributed by atoms with van der Waals surface area (Å²) < 4.78 is 0. The molecule has 0 aromatic heterocycles. The summed E-state index contributed by atoms with van der Waals surface area (Å²) in [5.41, 5.74) is 0. The summed E-state index contributed by atoms with van der Waals surface area (Å²) in [5.74, 6) is 0. The number of rotatable bonds is 5. The van der Waals surface area contributed by atoms with Gasteiger partial charge in [0.1, 0.15) is 0 Å². The van der Waals surface area contributed by atoms with Gasteiger partial charge < -0.3 is 10.4 Å². The van der Waals surface area contributed by atoms with Crippen molar-refractivity contribution in [3.8, 4) is 0 Å². The first kappa shape index (κ1) is 10.3. The van der Waals surface area contributed by atoms with Crippen LogP contribution in [0.1, 0.15) is 13.8 Å². The van der Waals surface area contributed by atoms with Gasteiger partial charge in [-0.1, -0.05) is 6.92 Å². The fourth-order valence-corrected chi connectivity index (χ4v) is 0.863. The topological polar surface area (TPSA) is 32.3 Å². The quantitative estimate of drug-likeness (QED) is 0.626. The lowest BCUT2D eigenvalue weighted by molar-refractivity contribution is 0.192. The molecule has 0 aliphatic carbocycles. The van der Waals surface area contributed by atoms with Gasteiger partial charge in [0.25, 0.3) is 0 Å². The highest BCUT2D eigenvalue weighted by Gasteiger charge is 1.98. The lowest BCUT2D eigenvalue weighted by Gasteiger charge is -2.10. The van der Waals surface area contributed by atoms with E-state index in [-0.39, 0.29) is 6.10 Å². The molecule has 0 fully saturated rings. The van der Waals surface area contributed by atoms with Crippen molar-refractivity contribution >= 4 is 11.8 Å².